The quantitative estimate of drug-likeness (QED) is 0.870. The lowest BCUT2D eigenvalue weighted by atomic mass is 9.95. The van der Waals surface area contributed by atoms with Gasteiger partial charge in [-0.3, -0.25) is 9.78 Å². The van der Waals surface area contributed by atoms with E-state index in [2.05, 4.69) is 33.4 Å². The van der Waals surface area contributed by atoms with Gasteiger partial charge in [-0.15, -0.1) is 0 Å². The third kappa shape index (κ3) is 5.14. The van der Waals surface area contributed by atoms with Crippen molar-refractivity contribution in [2.75, 3.05) is 25.0 Å². The van der Waals surface area contributed by atoms with E-state index in [1.54, 1.807) is 12.4 Å². The summed E-state index contributed by atoms with van der Waals surface area (Å²) in [7, 11) is 0. The minimum atomic E-state index is 0.0600. The molecule has 5 heteroatoms. The number of nitrogens with one attached hydrogen (secondary N) is 1. The van der Waals surface area contributed by atoms with Crippen molar-refractivity contribution >= 4 is 11.6 Å². The average molecular weight is 348 g/mol. The molecule has 0 aliphatic carbocycles. The Morgan fingerprint density at radius 1 is 1.12 bits per heavy atom. The summed E-state index contributed by atoms with van der Waals surface area (Å²) in [6.07, 6.45) is 6.74. The van der Waals surface area contributed by atoms with Crippen molar-refractivity contribution in [3.63, 3.8) is 0 Å². The molecule has 0 unspecified atom stereocenters. The van der Waals surface area contributed by atoms with E-state index in [-0.39, 0.29) is 11.8 Å². The van der Waals surface area contributed by atoms with Gasteiger partial charge in [0.05, 0.1) is 6.07 Å². The van der Waals surface area contributed by atoms with Gasteiger partial charge >= 0.3 is 0 Å². The van der Waals surface area contributed by atoms with E-state index in [1.165, 1.54) is 11.1 Å². The average Bonchev–Trinajstić information content (AvgIpc) is 2.69. The van der Waals surface area contributed by atoms with Crippen LogP contribution in [0.25, 0.3) is 0 Å². The summed E-state index contributed by atoms with van der Waals surface area (Å²) in [6.45, 7) is 2.60. The number of amides is 1. The van der Waals surface area contributed by atoms with Gasteiger partial charge in [0.25, 0.3) is 0 Å². The molecule has 1 aromatic heterocycles. The summed E-state index contributed by atoms with van der Waals surface area (Å²) in [6, 6.07) is 14.3. The monoisotopic (exact) mass is 348 g/mol. The number of pyridine rings is 1. The molecule has 3 rings (SSSR count). The van der Waals surface area contributed by atoms with Crippen LogP contribution in [-0.4, -0.2) is 35.4 Å². The Morgan fingerprint density at radius 2 is 1.77 bits per heavy atom. The molecule has 1 saturated heterocycles. The predicted molar refractivity (Wildman–Crippen MR) is 102 cm³/mol. The zero-order valence-electron chi connectivity index (χ0n) is 14.9. The van der Waals surface area contributed by atoms with Crippen molar-refractivity contribution < 1.29 is 4.79 Å². The third-order valence-corrected chi connectivity index (χ3v) is 4.88. The van der Waals surface area contributed by atoms with Gasteiger partial charge < -0.3 is 10.2 Å². The molecule has 1 fully saturated rings. The molecule has 0 spiro atoms. The van der Waals surface area contributed by atoms with Gasteiger partial charge in [-0.2, -0.15) is 5.26 Å². The second-order valence-electron chi connectivity index (χ2n) is 6.74. The highest BCUT2D eigenvalue weighted by molar-refractivity contribution is 5.92. The van der Waals surface area contributed by atoms with Crippen LogP contribution in [0.3, 0.4) is 0 Å². The number of nitrogens with zero attached hydrogens (tertiary/aromatic N) is 3. The van der Waals surface area contributed by atoms with Crippen molar-refractivity contribution in [3.8, 4) is 6.07 Å². The largest absolute Gasteiger partial charge is 0.326 e. The summed E-state index contributed by atoms with van der Waals surface area (Å²) in [5, 5.41) is 11.7. The smallest absolute Gasteiger partial charge is 0.227 e. The maximum absolute atomic E-state index is 12.5. The Labute approximate surface area is 154 Å². The fraction of sp³-hybridized carbons (Fsp3) is 0.381. The lowest BCUT2D eigenvalue weighted by Gasteiger charge is -2.30. The molecule has 0 radical (unpaired) electrons. The maximum Gasteiger partial charge on any atom is 0.227 e. The Balaban J connectivity index is 1.48. The minimum absolute atomic E-state index is 0.0600. The first-order chi connectivity index (χ1) is 12.7. The number of hydrogen-bond acceptors (Lipinski definition) is 4. The molecular formula is C21H24N4O. The second kappa shape index (κ2) is 9.12. The highest BCUT2D eigenvalue weighted by atomic mass is 16.1. The lowest BCUT2D eigenvalue weighted by molar-refractivity contribution is -0.121. The summed E-state index contributed by atoms with van der Waals surface area (Å²) < 4.78 is 0. The van der Waals surface area contributed by atoms with Gasteiger partial charge in [-0.25, -0.2) is 0 Å². The number of carbonyl (C=O) groups is 1. The molecule has 2 aromatic rings. The molecule has 26 heavy (non-hydrogen) atoms. The Hall–Kier alpha value is -2.71. The molecule has 1 aliphatic rings. The highest BCUT2D eigenvalue weighted by Crippen LogP contribution is 2.20. The van der Waals surface area contributed by atoms with Crippen molar-refractivity contribution in [1.82, 2.24) is 9.88 Å². The van der Waals surface area contributed by atoms with Gasteiger partial charge in [-0.05, 0) is 67.7 Å². The Bertz CT molecular complexity index is 744. The topological polar surface area (TPSA) is 69.0 Å². The molecule has 0 atom stereocenters. The van der Waals surface area contributed by atoms with Gasteiger partial charge in [0.15, 0.2) is 0 Å². The number of aromatic nitrogens is 1. The molecule has 0 bridgehead atoms. The molecule has 1 amide bonds. The van der Waals surface area contributed by atoms with Crippen LogP contribution in [0.2, 0.25) is 0 Å². The van der Waals surface area contributed by atoms with Crippen molar-refractivity contribution in [3.05, 3.63) is 59.9 Å². The van der Waals surface area contributed by atoms with Gasteiger partial charge in [0, 0.05) is 37.0 Å². The summed E-state index contributed by atoms with van der Waals surface area (Å²) in [5.41, 5.74) is 3.28. The summed E-state index contributed by atoms with van der Waals surface area (Å²) in [5.74, 6) is 0.164. The SMILES string of the molecule is N#CCCN1CCC(C(=O)Nc2ccc(Cc3ccncc3)cc2)CC1. The van der Waals surface area contributed by atoms with E-state index in [0.29, 0.717) is 6.42 Å². The van der Waals surface area contributed by atoms with Crippen molar-refractivity contribution in [2.45, 2.75) is 25.7 Å². The van der Waals surface area contributed by atoms with Crippen LogP contribution < -0.4 is 5.32 Å². The molecule has 1 aliphatic heterocycles. The molecule has 5 nitrogen and oxygen atoms in total. The standard InChI is InChI=1S/C21H24N4O/c22-10-1-13-25-14-8-19(9-15-25)21(26)24-20-4-2-17(3-5-20)16-18-6-11-23-12-7-18/h2-7,11-12,19H,1,8-9,13-16H2,(H,24,26). The summed E-state index contributed by atoms with van der Waals surface area (Å²) in [4.78, 5) is 18.8. The fourth-order valence-electron chi connectivity index (χ4n) is 3.31. The minimum Gasteiger partial charge on any atom is -0.326 e. The van der Waals surface area contributed by atoms with Crippen LogP contribution in [0.4, 0.5) is 5.69 Å². The molecule has 2 heterocycles. The van der Waals surface area contributed by atoms with E-state index in [1.807, 2.05) is 24.3 Å². The summed E-state index contributed by atoms with van der Waals surface area (Å²) >= 11 is 0. The van der Waals surface area contributed by atoms with Crippen molar-refractivity contribution in [2.24, 2.45) is 5.92 Å². The molecule has 0 saturated carbocycles. The van der Waals surface area contributed by atoms with E-state index >= 15 is 0 Å². The first kappa shape index (κ1) is 18.1. The van der Waals surface area contributed by atoms with E-state index in [0.717, 1.165) is 44.6 Å². The molecule has 134 valence electrons. The number of anilines is 1. The van der Waals surface area contributed by atoms with Gasteiger partial charge in [0.1, 0.15) is 0 Å². The first-order valence-corrected chi connectivity index (χ1v) is 9.12. The molecule has 1 aromatic carbocycles. The fourth-order valence-corrected chi connectivity index (χ4v) is 3.31. The Kier molecular flexibility index (Phi) is 6.34. The van der Waals surface area contributed by atoms with Crippen LogP contribution >= 0.6 is 0 Å². The molecule has 1 N–H and O–H groups in total. The van der Waals surface area contributed by atoms with Crippen LogP contribution in [0.5, 0.6) is 0 Å². The van der Waals surface area contributed by atoms with Crippen LogP contribution in [0, 0.1) is 17.2 Å². The van der Waals surface area contributed by atoms with Crippen LogP contribution in [0.15, 0.2) is 48.8 Å². The lowest BCUT2D eigenvalue weighted by Crippen LogP contribution is -2.38. The van der Waals surface area contributed by atoms with Gasteiger partial charge in [-0.1, -0.05) is 12.1 Å². The van der Waals surface area contributed by atoms with E-state index in [9.17, 15) is 4.79 Å². The third-order valence-electron chi connectivity index (χ3n) is 4.88. The number of piperidine rings is 1. The van der Waals surface area contributed by atoms with Crippen LogP contribution in [0.1, 0.15) is 30.4 Å². The number of benzene rings is 1. The zero-order chi connectivity index (χ0) is 18.2. The van der Waals surface area contributed by atoms with Crippen LogP contribution in [-0.2, 0) is 11.2 Å². The number of carbonyl (C=O) groups excluding carboxylic acids is 1. The number of likely N-dealkylation sites (tertiary alicyclic amines) is 1. The van der Waals surface area contributed by atoms with E-state index in [4.69, 9.17) is 5.26 Å². The number of hydrogen-bond donors (Lipinski definition) is 1. The number of rotatable bonds is 6. The maximum atomic E-state index is 12.5. The van der Waals surface area contributed by atoms with Gasteiger partial charge in [0.2, 0.25) is 5.91 Å². The van der Waals surface area contributed by atoms with Crippen molar-refractivity contribution in [1.29, 1.82) is 5.26 Å². The second-order valence-corrected chi connectivity index (χ2v) is 6.74. The normalized spacial score (nSPS) is 15.3. The first-order valence-electron chi connectivity index (χ1n) is 9.12. The van der Waals surface area contributed by atoms with E-state index < -0.39 is 0 Å². The highest BCUT2D eigenvalue weighted by Gasteiger charge is 2.24. The Morgan fingerprint density at radius 3 is 2.42 bits per heavy atom. The predicted octanol–water partition coefficient (Wildman–Crippen LogP) is 3.24. The number of nitriles is 1. The molecular weight excluding hydrogens is 324 g/mol. The zero-order valence-corrected chi connectivity index (χ0v) is 14.9.